The normalized spacial score (nSPS) is 10.9. The molecule has 2 heterocycles. The zero-order chi connectivity index (χ0) is 13.4. The van der Waals surface area contributed by atoms with Crippen LogP contribution in [-0.2, 0) is 0 Å². The number of nitrogens with zero attached hydrogens (tertiary/aromatic N) is 2. The first-order valence-electron chi connectivity index (χ1n) is 5.98. The van der Waals surface area contributed by atoms with E-state index in [0.29, 0.717) is 0 Å². The number of rotatable bonds is 2. The first-order chi connectivity index (χ1) is 9.20. The molecule has 0 radical (unpaired) electrons. The van der Waals surface area contributed by atoms with Gasteiger partial charge < -0.3 is 9.14 Å². The summed E-state index contributed by atoms with van der Waals surface area (Å²) < 4.78 is 8.54. The maximum atomic E-state index is 5.39. The average molecular weight is 317 g/mol. The summed E-state index contributed by atoms with van der Waals surface area (Å²) >= 11 is 3.54. The number of pyridine rings is 1. The standard InChI is InChI=1S/C15H13BrN2O/c1-10-12(16)7-8-15-17-13(9-18(10)15)11-5-3-4-6-14(11)19-2/h3-9H,1-2H3. The fraction of sp³-hybridized carbons (Fsp3) is 0.133. The number of hydrogen-bond donors (Lipinski definition) is 0. The lowest BCUT2D eigenvalue weighted by Crippen LogP contribution is -1.89. The van der Waals surface area contributed by atoms with Gasteiger partial charge in [0.05, 0.1) is 12.8 Å². The number of benzene rings is 1. The van der Waals surface area contributed by atoms with Gasteiger partial charge in [-0.15, -0.1) is 0 Å². The van der Waals surface area contributed by atoms with Crippen LogP contribution in [0.5, 0.6) is 5.75 Å². The van der Waals surface area contributed by atoms with E-state index in [1.807, 2.05) is 42.6 Å². The second-order valence-electron chi connectivity index (χ2n) is 4.32. The van der Waals surface area contributed by atoms with Crippen molar-refractivity contribution in [1.29, 1.82) is 0 Å². The van der Waals surface area contributed by atoms with Crippen molar-refractivity contribution in [3.8, 4) is 17.0 Å². The number of fused-ring (bicyclic) bond motifs is 1. The van der Waals surface area contributed by atoms with Crippen molar-refractivity contribution in [2.75, 3.05) is 7.11 Å². The Morgan fingerprint density at radius 2 is 1.95 bits per heavy atom. The molecular formula is C15H13BrN2O. The maximum absolute atomic E-state index is 5.39. The van der Waals surface area contributed by atoms with Gasteiger partial charge in [0.15, 0.2) is 0 Å². The molecule has 0 atom stereocenters. The summed E-state index contributed by atoms with van der Waals surface area (Å²) in [7, 11) is 1.68. The molecule has 0 amide bonds. The lowest BCUT2D eigenvalue weighted by molar-refractivity contribution is 0.416. The molecule has 0 unspecified atom stereocenters. The van der Waals surface area contributed by atoms with E-state index in [1.54, 1.807) is 7.11 Å². The van der Waals surface area contributed by atoms with Crippen LogP contribution in [-0.4, -0.2) is 16.5 Å². The van der Waals surface area contributed by atoms with E-state index in [0.717, 1.165) is 32.8 Å². The van der Waals surface area contributed by atoms with Crippen LogP contribution in [0.4, 0.5) is 0 Å². The van der Waals surface area contributed by atoms with Gasteiger partial charge in [0.25, 0.3) is 0 Å². The minimum atomic E-state index is 0.836. The minimum Gasteiger partial charge on any atom is -0.496 e. The molecule has 0 saturated carbocycles. The molecule has 3 rings (SSSR count). The van der Waals surface area contributed by atoms with Gasteiger partial charge in [-0.3, -0.25) is 0 Å². The Morgan fingerprint density at radius 1 is 1.16 bits per heavy atom. The molecule has 0 aliphatic rings. The van der Waals surface area contributed by atoms with Crippen molar-refractivity contribution >= 4 is 21.6 Å². The average Bonchev–Trinajstić information content (AvgIpc) is 2.87. The number of hydrogen-bond acceptors (Lipinski definition) is 2. The summed E-state index contributed by atoms with van der Waals surface area (Å²) in [6.07, 6.45) is 2.04. The Bertz CT molecular complexity index is 749. The smallest absolute Gasteiger partial charge is 0.137 e. The van der Waals surface area contributed by atoms with Gasteiger partial charge in [0, 0.05) is 21.9 Å². The molecule has 3 nitrogen and oxygen atoms in total. The molecule has 0 N–H and O–H groups in total. The third-order valence-electron chi connectivity index (χ3n) is 3.20. The predicted octanol–water partition coefficient (Wildman–Crippen LogP) is 4.08. The Morgan fingerprint density at radius 3 is 2.74 bits per heavy atom. The molecule has 19 heavy (non-hydrogen) atoms. The van der Waals surface area contributed by atoms with Crippen LogP contribution in [0.1, 0.15) is 5.69 Å². The number of methoxy groups -OCH3 is 1. The summed E-state index contributed by atoms with van der Waals surface area (Å²) in [6, 6.07) is 11.9. The van der Waals surface area contributed by atoms with Gasteiger partial charge in [-0.1, -0.05) is 12.1 Å². The molecule has 0 bridgehead atoms. The number of halogens is 1. The van der Waals surface area contributed by atoms with Crippen LogP contribution in [0.3, 0.4) is 0 Å². The van der Waals surface area contributed by atoms with Crippen LogP contribution in [0.2, 0.25) is 0 Å². The number of ether oxygens (including phenoxy) is 1. The van der Waals surface area contributed by atoms with Gasteiger partial charge in [0.2, 0.25) is 0 Å². The lowest BCUT2D eigenvalue weighted by atomic mass is 10.1. The molecule has 2 aromatic heterocycles. The van der Waals surface area contributed by atoms with Crippen LogP contribution in [0, 0.1) is 6.92 Å². The molecular weight excluding hydrogens is 304 g/mol. The summed E-state index contributed by atoms with van der Waals surface area (Å²) in [5.74, 6) is 0.836. The first kappa shape index (κ1) is 12.2. The van der Waals surface area contributed by atoms with Crippen LogP contribution >= 0.6 is 15.9 Å². The molecule has 1 aromatic carbocycles. The summed E-state index contributed by atoms with van der Waals surface area (Å²) in [4.78, 5) is 4.66. The van der Waals surface area contributed by atoms with Crippen molar-refractivity contribution in [1.82, 2.24) is 9.38 Å². The molecule has 0 spiro atoms. The van der Waals surface area contributed by atoms with E-state index in [2.05, 4.69) is 32.2 Å². The van der Waals surface area contributed by atoms with E-state index in [-0.39, 0.29) is 0 Å². The Kier molecular flexibility index (Phi) is 3.03. The fourth-order valence-corrected chi connectivity index (χ4v) is 2.47. The predicted molar refractivity (Wildman–Crippen MR) is 79.6 cm³/mol. The Hall–Kier alpha value is -1.81. The summed E-state index contributed by atoms with van der Waals surface area (Å²) in [5.41, 5.74) is 3.98. The highest BCUT2D eigenvalue weighted by atomic mass is 79.9. The first-order valence-corrected chi connectivity index (χ1v) is 6.77. The number of para-hydroxylation sites is 1. The van der Waals surface area contributed by atoms with Gasteiger partial charge in [-0.05, 0) is 47.1 Å². The molecule has 4 heteroatoms. The van der Waals surface area contributed by atoms with Crippen molar-refractivity contribution in [2.24, 2.45) is 0 Å². The molecule has 96 valence electrons. The van der Waals surface area contributed by atoms with Gasteiger partial charge >= 0.3 is 0 Å². The highest BCUT2D eigenvalue weighted by Gasteiger charge is 2.10. The lowest BCUT2D eigenvalue weighted by Gasteiger charge is -2.04. The van der Waals surface area contributed by atoms with Crippen LogP contribution in [0.25, 0.3) is 16.9 Å². The van der Waals surface area contributed by atoms with Gasteiger partial charge in [-0.25, -0.2) is 4.98 Å². The zero-order valence-corrected chi connectivity index (χ0v) is 12.3. The largest absolute Gasteiger partial charge is 0.496 e. The molecule has 0 aliphatic carbocycles. The summed E-state index contributed by atoms with van der Waals surface area (Å²) in [6.45, 7) is 2.06. The third-order valence-corrected chi connectivity index (χ3v) is 4.04. The van der Waals surface area contributed by atoms with E-state index in [4.69, 9.17) is 4.74 Å². The second kappa shape index (κ2) is 4.70. The van der Waals surface area contributed by atoms with Crippen molar-refractivity contribution < 1.29 is 4.74 Å². The van der Waals surface area contributed by atoms with E-state index in [1.165, 1.54) is 0 Å². The molecule has 0 saturated heterocycles. The number of aromatic nitrogens is 2. The topological polar surface area (TPSA) is 26.5 Å². The van der Waals surface area contributed by atoms with Crippen molar-refractivity contribution in [2.45, 2.75) is 6.92 Å². The highest BCUT2D eigenvalue weighted by molar-refractivity contribution is 9.10. The zero-order valence-electron chi connectivity index (χ0n) is 10.7. The fourth-order valence-electron chi connectivity index (χ4n) is 2.15. The van der Waals surface area contributed by atoms with Crippen molar-refractivity contribution in [3.63, 3.8) is 0 Å². The quantitative estimate of drug-likeness (QED) is 0.712. The van der Waals surface area contributed by atoms with E-state index >= 15 is 0 Å². The third kappa shape index (κ3) is 2.02. The summed E-state index contributed by atoms with van der Waals surface area (Å²) in [5, 5.41) is 0. The molecule has 3 aromatic rings. The van der Waals surface area contributed by atoms with Crippen LogP contribution in [0.15, 0.2) is 47.1 Å². The molecule has 0 aliphatic heterocycles. The Labute approximate surface area is 120 Å². The highest BCUT2D eigenvalue weighted by Crippen LogP contribution is 2.30. The number of aryl methyl sites for hydroxylation is 1. The Balaban J connectivity index is 2.24. The monoisotopic (exact) mass is 316 g/mol. The van der Waals surface area contributed by atoms with Gasteiger partial charge in [0.1, 0.15) is 11.4 Å². The van der Waals surface area contributed by atoms with E-state index < -0.39 is 0 Å². The maximum Gasteiger partial charge on any atom is 0.137 e. The molecule has 0 fully saturated rings. The SMILES string of the molecule is COc1ccccc1-c1cn2c(C)c(Br)ccc2n1. The van der Waals surface area contributed by atoms with E-state index in [9.17, 15) is 0 Å². The van der Waals surface area contributed by atoms with Crippen LogP contribution < -0.4 is 4.74 Å². The van der Waals surface area contributed by atoms with Gasteiger partial charge in [-0.2, -0.15) is 0 Å². The minimum absolute atomic E-state index is 0.836. The number of imidazole rings is 1. The second-order valence-corrected chi connectivity index (χ2v) is 5.18. The van der Waals surface area contributed by atoms with Crippen molar-refractivity contribution in [3.05, 3.63) is 52.8 Å².